The summed E-state index contributed by atoms with van der Waals surface area (Å²) in [4.78, 5) is 12.3. The van der Waals surface area contributed by atoms with Gasteiger partial charge in [-0.05, 0) is 39.3 Å². The van der Waals surface area contributed by atoms with Crippen LogP contribution in [0.25, 0.3) is 0 Å². The molecule has 1 amide bonds. The second-order valence-corrected chi connectivity index (χ2v) is 5.62. The van der Waals surface area contributed by atoms with Crippen molar-refractivity contribution in [3.8, 4) is 0 Å². The van der Waals surface area contributed by atoms with Gasteiger partial charge in [-0.1, -0.05) is 30.3 Å². The number of amides is 1. The number of hydrogen-bond donors (Lipinski definition) is 2. The molecule has 1 aliphatic rings. The standard InChI is InChI=1S/C15H22N2O/c1-11-13(9-10-16-11)14(18)17-15(2,3)12-7-5-4-6-8-12/h4-8,11,13,16H,9-10H2,1-3H3,(H,17,18). The van der Waals surface area contributed by atoms with Crippen molar-refractivity contribution in [2.45, 2.75) is 38.8 Å². The summed E-state index contributed by atoms with van der Waals surface area (Å²) in [5, 5.41) is 6.48. The van der Waals surface area contributed by atoms with E-state index in [-0.39, 0.29) is 23.4 Å². The topological polar surface area (TPSA) is 41.1 Å². The summed E-state index contributed by atoms with van der Waals surface area (Å²) < 4.78 is 0. The Morgan fingerprint density at radius 1 is 1.33 bits per heavy atom. The predicted octanol–water partition coefficient (Wildman–Crippen LogP) is 2.04. The zero-order valence-corrected chi connectivity index (χ0v) is 11.4. The van der Waals surface area contributed by atoms with Crippen molar-refractivity contribution in [2.24, 2.45) is 5.92 Å². The molecular weight excluding hydrogens is 224 g/mol. The number of carbonyl (C=O) groups excluding carboxylic acids is 1. The molecule has 3 heteroatoms. The maximum Gasteiger partial charge on any atom is 0.225 e. The highest BCUT2D eigenvalue weighted by molar-refractivity contribution is 5.80. The molecule has 1 aromatic carbocycles. The third-order valence-corrected chi connectivity index (χ3v) is 3.79. The summed E-state index contributed by atoms with van der Waals surface area (Å²) in [5.74, 6) is 0.245. The van der Waals surface area contributed by atoms with Crippen molar-refractivity contribution in [1.82, 2.24) is 10.6 Å². The van der Waals surface area contributed by atoms with E-state index in [2.05, 4.69) is 29.7 Å². The number of hydrogen-bond acceptors (Lipinski definition) is 2. The van der Waals surface area contributed by atoms with E-state index in [0.717, 1.165) is 18.5 Å². The first-order valence-electron chi connectivity index (χ1n) is 6.61. The first kappa shape index (κ1) is 13.1. The molecular formula is C15H22N2O. The molecule has 2 unspecified atom stereocenters. The van der Waals surface area contributed by atoms with Crippen molar-refractivity contribution in [1.29, 1.82) is 0 Å². The minimum atomic E-state index is -0.319. The smallest absolute Gasteiger partial charge is 0.225 e. The lowest BCUT2D eigenvalue weighted by Crippen LogP contribution is -2.46. The molecule has 0 bridgehead atoms. The van der Waals surface area contributed by atoms with Crippen molar-refractivity contribution < 1.29 is 4.79 Å². The second-order valence-electron chi connectivity index (χ2n) is 5.62. The van der Waals surface area contributed by atoms with Gasteiger partial charge in [0.05, 0.1) is 11.5 Å². The lowest BCUT2D eigenvalue weighted by Gasteiger charge is -2.29. The summed E-state index contributed by atoms with van der Waals surface area (Å²) in [5.41, 5.74) is 0.817. The molecule has 0 spiro atoms. The Kier molecular flexibility index (Phi) is 3.71. The van der Waals surface area contributed by atoms with E-state index in [0.29, 0.717) is 0 Å². The fraction of sp³-hybridized carbons (Fsp3) is 0.533. The van der Waals surface area contributed by atoms with E-state index in [4.69, 9.17) is 0 Å². The highest BCUT2D eigenvalue weighted by Crippen LogP contribution is 2.22. The van der Waals surface area contributed by atoms with Gasteiger partial charge in [-0.25, -0.2) is 0 Å². The number of carbonyl (C=O) groups is 1. The summed E-state index contributed by atoms with van der Waals surface area (Å²) in [6, 6.07) is 10.4. The Morgan fingerprint density at radius 3 is 2.56 bits per heavy atom. The summed E-state index contributed by atoms with van der Waals surface area (Å²) in [6.07, 6.45) is 0.928. The Labute approximate surface area is 109 Å². The van der Waals surface area contributed by atoms with Gasteiger partial charge >= 0.3 is 0 Å². The molecule has 0 radical (unpaired) electrons. The molecule has 18 heavy (non-hydrogen) atoms. The van der Waals surface area contributed by atoms with Crippen LogP contribution in [0.2, 0.25) is 0 Å². The largest absolute Gasteiger partial charge is 0.347 e. The van der Waals surface area contributed by atoms with E-state index in [1.54, 1.807) is 0 Å². The Morgan fingerprint density at radius 2 is 2.00 bits per heavy atom. The van der Waals surface area contributed by atoms with Gasteiger partial charge in [0, 0.05) is 6.04 Å². The average molecular weight is 246 g/mol. The van der Waals surface area contributed by atoms with Gasteiger partial charge in [-0.2, -0.15) is 0 Å². The van der Waals surface area contributed by atoms with E-state index >= 15 is 0 Å². The lowest BCUT2D eigenvalue weighted by molar-refractivity contribution is -0.126. The Balaban J connectivity index is 2.06. The van der Waals surface area contributed by atoms with Crippen LogP contribution >= 0.6 is 0 Å². The fourth-order valence-electron chi connectivity index (χ4n) is 2.54. The van der Waals surface area contributed by atoms with Gasteiger partial charge in [0.25, 0.3) is 0 Å². The van der Waals surface area contributed by atoms with Crippen LogP contribution in [0.3, 0.4) is 0 Å². The van der Waals surface area contributed by atoms with Crippen molar-refractivity contribution in [2.75, 3.05) is 6.54 Å². The number of rotatable bonds is 3. The minimum absolute atomic E-state index is 0.0907. The third-order valence-electron chi connectivity index (χ3n) is 3.79. The first-order chi connectivity index (χ1) is 8.50. The number of benzene rings is 1. The Bertz CT molecular complexity index is 414. The van der Waals surface area contributed by atoms with Crippen molar-refractivity contribution in [3.63, 3.8) is 0 Å². The SMILES string of the molecule is CC1NCCC1C(=O)NC(C)(C)c1ccccc1. The monoisotopic (exact) mass is 246 g/mol. The zero-order valence-electron chi connectivity index (χ0n) is 11.4. The normalized spacial score (nSPS) is 23.9. The van der Waals surface area contributed by atoms with Crippen LogP contribution in [-0.4, -0.2) is 18.5 Å². The summed E-state index contributed by atoms with van der Waals surface area (Å²) in [6.45, 7) is 7.11. The molecule has 3 nitrogen and oxygen atoms in total. The van der Waals surface area contributed by atoms with E-state index in [9.17, 15) is 4.79 Å². The first-order valence-corrected chi connectivity index (χ1v) is 6.61. The lowest BCUT2D eigenvalue weighted by atomic mass is 9.92. The van der Waals surface area contributed by atoms with Crippen molar-refractivity contribution in [3.05, 3.63) is 35.9 Å². The van der Waals surface area contributed by atoms with Crippen LogP contribution in [-0.2, 0) is 10.3 Å². The van der Waals surface area contributed by atoms with Gasteiger partial charge in [-0.15, -0.1) is 0 Å². The molecule has 1 fully saturated rings. The highest BCUT2D eigenvalue weighted by atomic mass is 16.2. The molecule has 2 atom stereocenters. The highest BCUT2D eigenvalue weighted by Gasteiger charge is 2.32. The predicted molar refractivity (Wildman–Crippen MR) is 73.2 cm³/mol. The molecule has 2 rings (SSSR count). The molecule has 2 N–H and O–H groups in total. The third kappa shape index (κ3) is 2.72. The molecule has 98 valence electrons. The van der Waals surface area contributed by atoms with Gasteiger partial charge in [0.1, 0.15) is 0 Å². The van der Waals surface area contributed by atoms with Gasteiger partial charge in [-0.3, -0.25) is 4.79 Å². The molecule has 1 heterocycles. The van der Waals surface area contributed by atoms with Crippen LogP contribution in [0.4, 0.5) is 0 Å². The molecule has 0 aliphatic carbocycles. The van der Waals surface area contributed by atoms with Gasteiger partial charge in [0.2, 0.25) is 5.91 Å². The molecule has 1 saturated heterocycles. The van der Waals surface area contributed by atoms with E-state index in [1.165, 1.54) is 0 Å². The average Bonchev–Trinajstić information content (AvgIpc) is 2.76. The van der Waals surface area contributed by atoms with Crippen LogP contribution in [0.15, 0.2) is 30.3 Å². The van der Waals surface area contributed by atoms with Gasteiger partial charge < -0.3 is 10.6 Å². The van der Waals surface area contributed by atoms with Crippen LogP contribution < -0.4 is 10.6 Å². The summed E-state index contributed by atoms with van der Waals surface area (Å²) >= 11 is 0. The minimum Gasteiger partial charge on any atom is -0.347 e. The maximum atomic E-state index is 12.3. The zero-order chi connectivity index (χ0) is 13.2. The van der Waals surface area contributed by atoms with Crippen LogP contribution in [0.1, 0.15) is 32.8 Å². The van der Waals surface area contributed by atoms with Crippen LogP contribution in [0.5, 0.6) is 0 Å². The molecule has 1 aromatic rings. The molecule has 0 saturated carbocycles. The molecule has 1 aliphatic heterocycles. The quantitative estimate of drug-likeness (QED) is 0.857. The van der Waals surface area contributed by atoms with E-state index in [1.807, 2.05) is 32.0 Å². The second kappa shape index (κ2) is 5.11. The number of nitrogens with one attached hydrogen (secondary N) is 2. The van der Waals surface area contributed by atoms with Crippen LogP contribution in [0, 0.1) is 5.92 Å². The Hall–Kier alpha value is -1.35. The molecule has 0 aromatic heterocycles. The summed E-state index contributed by atoms with van der Waals surface area (Å²) in [7, 11) is 0. The fourth-order valence-corrected chi connectivity index (χ4v) is 2.54. The van der Waals surface area contributed by atoms with Crippen molar-refractivity contribution >= 4 is 5.91 Å². The van der Waals surface area contributed by atoms with Gasteiger partial charge in [0.15, 0.2) is 0 Å². The van der Waals surface area contributed by atoms with E-state index < -0.39 is 0 Å². The maximum absolute atomic E-state index is 12.3.